The minimum atomic E-state index is -0.104. The molecule has 6 heteroatoms. The van der Waals surface area contributed by atoms with E-state index >= 15 is 0 Å². The van der Waals surface area contributed by atoms with Crippen LogP contribution in [0.3, 0.4) is 0 Å². The standard InChI is InChI=1S/C22H28N4OS.C4H8/c1-5-9-16(4)14-25-12-13-26-20(21(25)27)23-24-22(26)28-15-18-11-8-10-17(6-2)19(18)7-3;1-3-4-2/h8-13H,5-7,14-15H2,1-4H3;3H,1,4H2,2H3/b16-9+;. The van der Waals surface area contributed by atoms with E-state index in [0.717, 1.165) is 36.6 Å². The molecule has 0 unspecified atom stereocenters. The van der Waals surface area contributed by atoms with E-state index in [2.05, 4.69) is 68.7 Å². The molecule has 0 bridgehead atoms. The van der Waals surface area contributed by atoms with Gasteiger partial charge >= 0.3 is 0 Å². The maximum atomic E-state index is 12.7. The minimum absolute atomic E-state index is 0.104. The summed E-state index contributed by atoms with van der Waals surface area (Å²) in [6.45, 7) is 14.7. The Morgan fingerprint density at radius 3 is 2.41 bits per heavy atom. The highest BCUT2D eigenvalue weighted by Crippen LogP contribution is 2.25. The van der Waals surface area contributed by atoms with Gasteiger partial charge in [0.05, 0.1) is 0 Å². The first-order valence-electron chi connectivity index (χ1n) is 11.4. The normalized spacial score (nSPS) is 11.3. The molecule has 32 heavy (non-hydrogen) atoms. The van der Waals surface area contributed by atoms with Crippen molar-refractivity contribution in [2.75, 3.05) is 0 Å². The Hall–Kier alpha value is -2.60. The van der Waals surface area contributed by atoms with Gasteiger partial charge in [0.25, 0.3) is 5.56 Å². The van der Waals surface area contributed by atoms with Crippen LogP contribution in [0, 0.1) is 0 Å². The van der Waals surface area contributed by atoms with Crippen LogP contribution in [0.2, 0.25) is 0 Å². The Balaban J connectivity index is 0.000000837. The summed E-state index contributed by atoms with van der Waals surface area (Å²) in [6.07, 6.45) is 11.8. The van der Waals surface area contributed by atoms with Crippen molar-refractivity contribution in [2.45, 2.75) is 77.8 Å². The summed E-state index contributed by atoms with van der Waals surface area (Å²) in [5.74, 6) is 0.819. The van der Waals surface area contributed by atoms with Crippen molar-refractivity contribution in [3.05, 3.63) is 81.9 Å². The number of benzene rings is 1. The van der Waals surface area contributed by atoms with E-state index in [1.54, 1.807) is 20.7 Å². The monoisotopic (exact) mass is 452 g/mol. The van der Waals surface area contributed by atoms with E-state index in [1.807, 2.05) is 25.4 Å². The smallest absolute Gasteiger partial charge is 0.296 e. The molecule has 2 heterocycles. The predicted octanol–water partition coefficient (Wildman–Crippen LogP) is 6.25. The molecule has 0 saturated heterocycles. The molecule has 5 nitrogen and oxygen atoms in total. The highest BCUT2D eigenvalue weighted by Gasteiger charge is 2.13. The van der Waals surface area contributed by atoms with Gasteiger partial charge in [-0.05, 0) is 49.3 Å². The topological polar surface area (TPSA) is 52.2 Å². The van der Waals surface area contributed by atoms with Gasteiger partial charge in [0.15, 0.2) is 5.16 Å². The molecule has 0 aliphatic carbocycles. The van der Waals surface area contributed by atoms with Crippen LogP contribution in [-0.2, 0) is 25.1 Å². The fourth-order valence-corrected chi connectivity index (χ4v) is 4.50. The first-order chi connectivity index (χ1) is 15.5. The van der Waals surface area contributed by atoms with Crippen LogP contribution in [0.25, 0.3) is 5.65 Å². The maximum absolute atomic E-state index is 12.7. The number of aromatic nitrogens is 4. The number of hydrogen-bond donors (Lipinski definition) is 0. The lowest BCUT2D eigenvalue weighted by Crippen LogP contribution is -2.22. The van der Waals surface area contributed by atoms with E-state index in [0.29, 0.717) is 12.2 Å². The second kappa shape index (κ2) is 13.1. The zero-order chi connectivity index (χ0) is 23.5. The fraction of sp³-hybridized carbons (Fsp3) is 0.423. The molecular weight excluding hydrogens is 416 g/mol. The van der Waals surface area contributed by atoms with E-state index in [4.69, 9.17) is 0 Å². The molecule has 0 atom stereocenters. The van der Waals surface area contributed by atoms with Crippen molar-refractivity contribution >= 4 is 17.4 Å². The van der Waals surface area contributed by atoms with Gasteiger partial charge in [-0.2, -0.15) is 0 Å². The summed E-state index contributed by atoms with van der Waals surface area (Å²) in [7, 11) is 0. The summed E-state index contributed by atoms with van der Waals surface area (Å²) in [6, 6.07) is 6.52. The Morgan fingerprint density at radius 1 is 1.06 bits per heavy atom. The van der Waals surface area contributed by atoms with Gasteiger partial charge < -0.3 is 4.57 Å². The zero-order valence-electron chi connectivity index (χ0n) is 20.1. The van der Waals surface area contributed by atoms with E-state index < -0.39 is 0 Å². The lowest BCUT2D eigenvalue weighted by atomic mass is 9.98. The molecule has 172 valence electrons. The van der Waals surface area contributed by atoms with Crippen molar-refractivity contribution in [2.24, 2.45) is 0 Å². The second-order valence-electron chi connectivity index (χ2n) is 7.61. The number of rotatable bonds is 9. The van der Waals surface area contributed by atoms with Crippen molar-refractivity contribution in [1.82, 2.24) is 19.2 Å². The molecule has 0 saturated carbocycles. The number of aryl methyl sites for hydroxylation is 1. The van der Waals surface area contributed by atoms with Crippen LogP contribution < -0.4 is 5.56 Å². The Morgan fingerprint density at radius 2 is 1.78 bits per heavy atom. The molecule has 1 aromatic carbocycles. The third-order valence-electron chi connectivity index (χ3n) is 5.23. The molecule has 3 aromatic rings. The Labute approximate surface area is 196 Å². The maximum Gasteiger partial charge on any atom is 0.296 e. The van der Waals surface area contributed by atoms with Gasteiger partial charge in [-0.15, -0.1) is 16.8 Å². The average Bonchev–Trinajstić information content (AvgIpc) is 3.23. The molecule has 0 radical (unpaired) electrons. The third-order valence-corrected chi connectivity index (χ3v) is 6.23. The van der Waals surface area contributed by atoms with Gasteiger partial charge in [-0.25, -0.2) is 0 Å². The van der Waals surface area contributed by atoms with Gasteiger partial charge in [0, 0.05) is 24.7 Å². The summed E-state index contributed by atoms with van der Waals surface area (Å²) in [5, 5.41) is 9.19. The molecule has 3 rings (SSSR count). The van der Waals surface area contributed by atoms with Crippen molar-refractivity contribution in [1.29, 1.82) is 0 Å². The number of nitrogens with zero attached hydrogens (tertiary/aromatic N) is 4. The highest BCUT2D eigenvalue weighted by molar-refractivity contribution is 7.98. The molecule has 2 aromatic heterocycles. The van der Waals surface area contributed by atoms with Crippen LogP contribution in [-0.4, -0.2) is 19.2 Å². The van der Waals surface area contributed by atoms with Crippen LogP contribution in [0.1, 0.15) is 64.2 Å². The average molecular weight is 453 g/mol. The Kier molecular flexibility index (Phi) is 10.5. The van der Waals surface area contributed by atoms with Crippen molar-refractivity contribution in [3.8, 4) is 0 Å². The summed E-state index contributed by atoms with van der Waals surface area (Å²) < 4.78 is 3.50. The lowest BCUT2D eigenvalue weighted by Gasteiger charge is -2.12. The van der Waals surface area contributed by atoms with Gasteiger partial charge in [0.2, 0.25) is 5.65 Å². The predicted molar refractivity (Wildman–Crippen MR) is 137 cm³/mol. The first-order valence-corrected chi connectivity index (χ1v) is 12.4. The quantitative estimate of drug-likeness (QED) is 0.284. The third kappa shape index (κ3) is 6.45. The number of hydrogen-bond acceptors (Lipinski definition) is 4. The second-order valence-corrected chi connectivity index (χ2v) is 8.56. The van der Waals surface area contributed by atoms with Crippen molar-refractivity contribution < 1.29 is 0 Å². The molecule has 0 aliphatic rings. The number of allylic oxidation sites excluding steroid dienone is 3. The molecule has 0 fully saturated rings. The molecule has 0 amide bonds. The molecular formula is C26H36N4OS. The first kappa shape index (κ1) is 25.7. The van der Waals surface area contributed by atoms with Crippen molar-refractivity contribution in [3.63, 3.8) is 0 Å². The summed E-state index contributed by atoms with van der Waals surface area (Å²) in [5.41, 5.74) is 5.61. The molecule has 0 aliphatic heterocycles. The van der Waals surface area contributed by atoms with Crippen LogP contribution in [0.4, 0.5) is 0 Å². The molecule has 0 spiro atoms. The number of fused-ring (bicyclic) bond motifs is 1. The van der Waals surface area contributed by atoms with E-state index in [-0.39, 0.29) is 5.56 Å². The SMILES string of the molecule is C=CCC.CC/C=C(\C)Cn1ccn2c(SCc3cccc(CC)c3CC)nnc2c1=O. The van der Waals surface area contributed by atoms with E-state index in [9.17, 15) is 4.79 Å². The largest absolute Gasteiger partial charge is 0.307 e. The van der Waals surface area contributed by atoms with Gasteiger partial charge in [0.1, 0.15) is 0 Å². The lowest BCUT2D eigenvalue weighted by molar-refractivity contribution is 0.731. The Bertz CT molecular complexity index is 1110. The van der Waals surface area contributed by atoms with E-state index in [1.165, 1.54) is 22.3 Å². The number of thioether (sulfide) groups is 1. The summed E-state index contributed by atoms with van der Waals surface area (Å²) >= 11 is 1.62. The van der Waals surface area contributed by atoms with Gasteiger partial charge in [-0.1, -0.05) is 75.4 Å². The van der Waals surface area contributed by atoms with Gasteiger partial charge in [-0.3, -0.25) is 9.20 Å². The fourth-order valence-electron chi connectivity index (χ4n) is 3.56. The minimum Gasteiger partial charge on any atom is -0.307 e. The highest BCUT2D eigenvalue weighted by atomic mass is 32.2. The summed E-state index contributed by atoms with van der Waals surface area (Å²) in [4.78, 5) is 12.7. The zero-order valence-corrected chi connectivity index (χ0v) is 20.9. The molecule has 0 N–H and O–H groups in total. The van der Waals surface area contributed by atoms with Crippen LogP contribution >= 0.6 is 11.8 Å². The van der Waals surface area contributed by atoms with Crippen LogP contribution in [0.15, 0.2) is 64.8 Å². The van der Waals surface area contributed by atoms with Crippen LogP contribution in [0.5, 0.6) is 0 Å².